The maximum absolute atomic E-state index is 13.4. The van der Waals surface area contributed by atoms with Crippen LogP contribution in [0.25, 0.3) is 6.08 Å². The van der Waals surface area contributed by atoms with Crippen molar-refractivity contribution in [3.05, 3.63) is 106 Å². The Hall–Kier alpha value is -4.06. The van der Waals surface area contributed by atoms with Crippen LogP contribution < -0.4 is 10.2 Å². The Balaban J connectivity index is 1.59. The maximum atomic E-state index is 13.4. The Labute approximate surface area is 185 Å². The Bertz CT molecular complexity index is 1260. The highest BCUT2D eigenvalue weighted by atomic mass is 19.1. The fourth-order valence-electron chi connectivity index (χ4n) is 3.54. The first-order valence-electron chi connectivity index (χ1n) is 10.1. The van der Waals surface area contributed by atoms with Crippen molar-refractivity contribution in [2.75, 3.05) is 4.90 Å². The molecule has 0 saturated carbocycles. The molecule has 1 fully saturated rings. The van der Waals surface area contributed by atoms with Crippen LogP contribution >= 0.6 is 0 Å². The highest BCUT2D eigenvalue weighted by Crippen LogP contribution is 2.24. The summed E-state index contributed by atoms with van der Waals surface area (Å²) in [5.41, 5.74) is 4.69. The molecule has 1 N–H and O–H groups in total. The lowest BCUT2D eigenvalue weighted by atomic mass is 10.0. The number of anilines is 1. The monoisotopic (exact) mass is 428 g/mol. The van der Waals surface area contributed by atoms with Crippen LogP contribution in [-0.4, -0.2) is 17.8 Å². The van der Waals surface area contributed by atoms with Gasteiger partial charge < -0.3 is 0 Å². The third-order valence-corrected chi connectivity index (χ3v) is 5.44. The molecule has 0 aromatic heterocycles. The van der Waals surface area contributed by atoms with Crippen LogP contribution in [0.4, 0.5) is 14.9 Å². The van der Waals surface area contributed by atoms with Crippen molar-refractivity contribution in [3.8, 4) is 0 Å². The number of urea groups is 1. The molecule has 3 aromatic rings. The molecule has 1 heterocycles. The fourth-order valence-corrected chi connectivity index (χ4v) is 3.54. The molecule has 1 aliphatic heterocycles. The first-order chi connectivity index (χ1) is 15.3. The van der Waals surface area contributed by atoms with Crippen molar-refractivity contribution in [1.82, 2.24) is 5.32 Å². The topological polar surface area (TPSA) is 66.5 Å². The standard InChI is InChI=1S/C26H21FN2O3/c1-16-6-11-22(12-17(16)2)29-25(31)23(24(30)28-26(29)32)15-19-9-7-18(8-10-19)13-20-4-3-5-21(27)14-20/h3-12,14-15H,13H2,1-2H3,(H,28,30,32)/b23-15+. The number of benzene rings is 3. The summed E-state index contributed by atoms with van der Waals surface area (Å²) in [6, 6.07) is 18.1. The SMILES string of the molecule is Cc1ccc(N2C(=O)NC(=O)/C(=C\c3ccc(Cc4cccc(F)c4)cc3)C2=O)cc1C. The molecular weight excluding hydrogens is 407 g/mol. The molecule has 5 nitrogen and oxygen atoms in total. The summed E-state index contributed by atoms with van der Waals surface area (Å²) in [5, 5.41) is 2.24. The molecule has 0 atom stereocenters. The minimum Gasteiger partial charge on any atom is -0.273 e. The second-order valence-electron chi connectivity index (χ2n) is 7.77. The van der Waals surface area contributed by atoms with Gasteiger partial charge in [-0.1, -0.05) is 42.5 Å². The molecule has 1 aliphatic rings. The van der Waals surface area contributed by atoms with Gasteiger partial charge in [0.05, 0.1) is 5.69 Å². The molecule has 0 aliphatic carbocycles. The van der Waals surface area contributed by atoms with E-state index in [9.17, 15) is 18.8 Å². The first-order valence-corrected chi connectivity index (χ1v) is 10.1. The van der Waals surface area contributed by atoms with Gasteiger partial charge in [-0.25, -0.2) is 14.1 Å². The Morgan fingerprint density at radius 1 is 0.875 bits per heavy atom. The third-order valence-electron chi connectivity index (χ3n) is 5.44. The summed E-state index contributed by atoms with van der Waals surface area (Å²) in [5.74, 6) is -1.69. The molecule has 6 heteroatoms. The van der Waals surface area contributed by atoms with Gasteiger partial charge in [0.1, 0.15) is 11.4 Å². The number of hydrogen-bond acceptors (Lipinski definition) is 3. The zero-order chi connectivity index (χ0) is 22.8. The van der Waals surface area contributed by atoms with Crippen LogP contribution in [0.5, 0.6) is 0 Å². The second kappa shape index (κ2) is 8.59. The van der Waals surface area contributed by atoms with Crippen molar-refractivity contribution >= 4 is 29.6 Å². The lowest BCUT2D eigenvalue weighted by Gasteiger charge is -2.26. The number of aryl methyl sites for hydroxylation is 2. The number of barbiturate groups is 1. The van der Waals surface area contributed by atoms with Crippen LogP contribution in [-0.2, 0) is 16.0 Å². The quantitative estimate of drug-likeness (QED) is 0.484. The van der Waals surface area contributed by atoms with Crippen molar-refractivity contribution in [3.63, 3.8) is 0 Å². The van der Waals surface area contributed by atoms with Gasteiger partial charge in [-0.05, 0) is 78.4 Å². The molecule has 0 spiro atoms. The van der Waals surface area contributed by atoms with E-state index in [1.54, 1.807) is 30.3 Å². The minimum absolute atomic E-state index is 0.124. The molecular formula is C26H21FN2O3. The normalized spacial score (nSPS) is 15.3. The van der Waals surface area contributed by atoms with Crippen LogP contribution in [0.2, 0.25) is 0 Å². The highest BCUT2D eigenvalue weighted by Gasteiger charge is 2.36. The number of imide groups is 2. The summed E-state index contributed by atoms with van der Waals surface area (Å²) < 4.78 is 13.4. The molecule has 3 aromatic carbocycles. The molecule has 4 rings (SSSR count). The predicted molar refractivity (Wildman–Crippen MR) is 121 cm³/mol. The number of rotatable bonds is 4. The van der Waals surface area contributed by atoms with Crippen LogP contribution in [0.3, 0.4) is 0 Å². The zero-order valence-corrected chi connectivity index (χ0v) is 17.7. The molecule has 0 unspecified atom stereocenters. The number of hydrogen-bond donors (Lipinski definition) is 1. The summed E-state index contributed by atoms with van der Waals surface area (Å²) in [6.45, 7) is 3.82. The lowest BCUT2D eigenvalue weighted by Crippen LogP contribution is -2.54. The molecule has 160 valence electrons. The van der Waals surface area contributed by atoms with Crippen molar-refractivity contribution in [2.24, 2.45) is 0 Å². The Morgan fingerprint density at radius 2 is 1.62 bits per heavy atom. The number of halogens is 1. The van der Waals surface area contributed by atoms with E-state index in [0.29, 0.717) is 17.7 Å². The van der Waals surface area contributed by atoms with E-state index in [1.807, 2.05) is 38.1 Å². The van der Waals surface area contributed by atoms with Gasteiger partial charge >= 0.3 is 6.03 Å². The van der Waals surface area contributed by atoms with E-state index in [-0.39, 0.29) is 11.4 Å². The van der Waals surface area contributed by atoms with Crippen LogP contribution in [0.1, 0.15) is 27.8 Å². The van der Waals surface area contributed by atoms with E-state index in [4.69, 9.17) is 0 Å². The Kier molecular flexibility index (Phi) is 5.69. The van der Waals surface area contributed by atoms with Crippen molar-refractivity contribution in [1.29, 1.82) is 0 Å². The smallest absolute Gasteiger partial charge is 0.273 e. The summed E-state index contributed by atoms with van der Waals surface area (Å²) in [7, 11) is 0. The van der Waals surface area contributed by atoms with Gasteiger partial charge in [0.25, 0.3) is 11.8 Å². The number of carbonyl (C=O) groups excluding carboxylic acids is 3. The lowest BCUT2D eigenvalue weighted by molar-refractivity contribution is -0.122. The Morgan fingerprint density at radius 3 is 2.31 bits per heavy atom. The predicted octanol–water partition coefficient (Wildman–Crippen LogP) is 4.70. The average molecular weight is 428 g/mol. The maximum Gasteiger partial charge on any atom is 0.335 e. The van der Waals surface area contributed by atoms with Crippen LogP contribution in [0, 0.1) is 19.7 Å². The van der Waals surface area contributed by atoms with E-state index in [2.05, 4.69) is 5.32 Å². The zero-order valence-electron chi connectivity index (χ0n) is 17.7. The van der Waals surface area contributed by atoms with Crippen molar-refractivity contribution < 1.29 is 18.8 Å². The molecule has 0 radical (unpaired) electrons. The summed E-state index contributed by atoms with van der Waals surface area (Å²) in [4.78, 5) is 38.7. The van der Waals surface area contributed by atoms with Crippen LogP contribution in [0.15, 0.2) is 72.3 Å². The fraction of sp³-hybridized carbons (Fsp3) is 0.115. The van der Waals surface area contributed by atoms with Gasteiger partial charge in [-0.3, -0.25) is 14.9 Å². The van der Waals surface area contributed by atoms with Gasteiger partial charge in [0, 0.05) is 0 Å². The second-order valence-corrected chi connectivity index (χ2v) is 7.77. The number of nitrogens with zero attached hydrogens (tertiary/aromatic N) is 1. The average Bonchev–Trinajstić information content (AvgIpc) is 2.75. The largest absolute Gasteiger partial charge is 0.335 e. The van der Waals surface area contributed by atoms with E-state index in [1.165, 1.54) is 18.2 Å². The molecule has 0 bridgehead atoms. The van der Waals surface area contributed by atoms with E-state index in [0.717, 1.165) is 27.2 Å². The van der Waals surface area contributed by atoms with Crippen molar-refractivity contribution in [2.45, 2.75) is 20.3 Å². The molecule has 1 saturated heterocycles. The van der Waals surface area contributed by atoms with Gasteiger partial charge in [-0.2, -0.15) is 0 Å². The first kappa shape index (κ1) is 21.2. The van der Waals surface area contributed by atoms with E-state index < -0.39 is 17.8 Å². The van der Waals surface area contributed by atoms with Gasteiger partial charge in [0.2, 0.25) is 0 Å². The number of carbonyl (C=O) groups is 3. The van der Waals surface area contributed by atoms with E-state index >= 15 is 0 Å². The molecule has 4 amide bonds. The highest BCUT2D eigenvalue weighted by molar-refractivity contribution is 6.39. The number of amides is 4. The minimum atomic E-state index is -0.772. The summed E-state index contributed by atoms with van der Waals surface area (Å²) in [6.07, 6.45) is 2.02. The number of nitrogens with one attached hydrogen (secondary N) is 1. The van der Waals surface area contributed by atoms with Gasteiger partial charge in [0.15, 0.2) is 0 Å². The van der Waals surface area contributed by atoms with Gasteiger partial charge in [-0.15, -0.1) is 0 Å². The third kappa shape index (κ3) is 4.34. The summed E-state index contributed by atoms with van der Waals surface area (Å²) >= 11 is 0. The molecule has 32 heavy (non-hydrogen) atoms.